The van der Waals surface area contributed by atoms with Gasteiger partial charge >= 0.3 is 0 Å². The average molecular weight is 450 g/mol. The molecule has 0 saturated carbocycles. The fraction of sp³-hybridized carbons (Fsp3) is 0.286. The fourth-order valence-corrected chi connectivity index (χ4v) is 3.02. The first-order valence-electron chi connectivity index (χ1n) is 9.42. The van der Waals surface area contributed by atoms with Crippen LogP contribution in [0.25, 0.3) is 22.3 Å². The van der Waals surface area contributed by atoms with Crippen LogP contribution in [0.2, 0.25) is 0 Å². The largest absolute Gasteiger partial charge is 0.508 e. The minimum atomic E-state index is -1.91. The van der Waals surface area contributed by atoms with Gasteiger partial charge in [-0.1, -0.05) is 0 Å². The average Bonchev–Trinajstić information content (AvgIpc) is 2.76. The molecule has 0 aliphatic heterocycles. The molecule has 0 unspecified atom stereocenters. The van der Waals surface area contributed by atoms with Gasteiger partial charge in [0.05, 0.1) is 6.61 Å². The summed E-state index contributed by atoms with van der Waals surface area (Å²) in [7, 11) is 0. The molecule has 0 aliphatic carbocycles. The van der Waals surface area contributed by atoms with Crippen LogP contribution in [0.3, 0.4) is 0 Å². The van der Waals surface area contributed by atoms with E-state index in [2.05, 4.69) is 0 Å². The summed E-state index contributed by atoms with van der Waals surface area (Å²) < 4.78 is 11.0. The summed E-state index contributed by atoms with van der Waals surface area (Å²) in [5, 5.41) is 77.3. The molecule has 2 aromatic carbocycles. The monoisotopic (exact) mass is 450 g/mol. The molecule has 4 atom stereocenters. The molecule has 172 valence electrons. The highest BCUT2D eigenvalue weighted by molar-refractivity contribution is 5.91. The third kappa shape index (κ3) is 4.61. The molecular formula is C21H22O11. The molecule has 0 amide bonds. The van der Waals surface area contributed by atoms with Crippen LogP contribution in [0.5, 0.6) is 23.0 Å². The van der Waals surface area contributed by atoms with E-state index in [1.807, 2.05) is 0 Å². The van der Waals surface area contributed by atoms with Gasteiger partial charge < -0.3 is 50.0 Å². The molecule has 0 radical (unpaired) electrons. The molecule has 8 N–H and O–H groups in total. The fourth-order valence-electron chi connectivity index (χ4n) is 3.02. The predicted octanol–water partition coefficient (Wildman–Crippen LogP) is -0.609. The van der Waals surface area contributed by atoms with Crippen molar-refractivity contribution < 1.29 is 50.0 Å². The van der Waals surface area contributed by atoms with Gasteiger partial charge in [0.15, 0.2) is 16.8 Å². The van der Waals surface area contributed by atoms with Gasteiger partial charge in [0.25, 0.3) is 0 Å². The molecule has 0 aliphatic rings. The Morgan fingerprint density at radius 3 is 2.12 bits per heavy atom. The highest BCUT2D eigenvalue weighted by Crippen LogP contribution is 2.40. The first-order valence-corrected chi connectivity index (χ1v) is 9.42. The Labute approximate surface area is 180 Å². The normalized spacial score (nSPS) is 15.3. The lowest BCUT2D eigenvalue weighted by molar-refractivity contribution is -0.121. The zero-order chi connectivity index (χ0) is 23.6. The summed E-state index contributed by atoms with van der Waals surface area (Å²) in [6.07, 6.45) is -7.29. The van der Waals surface area contributed by atoms with Crippen molar-refractivity contribution in [1.82, 2.24) is 0 Å². The standard InChI is InChI=1S/C21H22O11/c22-7-14(27)18(29)19(30)15(28)8-31-20-13(26)5-11(24)17-12(25)6-16(32-21(17)20)9-1-3-10(23)4-2-9/h1-6,14-15,18-19,22-24,26-30H,7-8H2/t14-,15+,18-,19+/m0/s1. The zero-order valence-corrected chi connectivity index (χ0v) is 16.5. The van der Waals surface area contributed by atoms with E-state index in [0.717, 1.165) is 12.1 Å². The quantitative estimate of drug-likeness (QED) is 0.218. The van der Waals surface area contributed by atoms with Crippen molar-refractivity contribution in [3.63, 3.8) is 0 Å². The second kappa shape index (κ2) is 9.42. The van der Waals surface area contributed by atoms with Crippen LogP contribution in [-0.4, -0.2) is 78.5 Å². The third-order valence-electron chi connectivity index (χ3n) is 4.79. The van der Waals surface area contributed by atoms with Gasteiger partial charge in [0.1, 0.15) is 53.7 Å². The summed E-state index contributed by atoms with van der Waals surface area (Å²) >= 11 is 0. The maximum atomic E-state index is 12.6. The van der Waals surface area contributed by atoms with E-state index in [1.165, 1.54) is 24.3 Å². The summed E-state index contributed by atoms with van der Waals surface area (Å²) in [5.41, 5.74) is -0.624. The number of aromatic hydroxyl groups is 3. The highest BCUT2D eigenvalue weighted by Gasteiger charge is 2.31. The van der Waals surface area contributed by atoms with Gasteiger partial charge in [0, 0.05) is 17.7 Å². The van der Waals surface area contributed by atoms with Crippen molar-refractivity contribution in [2.75, 3.05) is 13.2 Å². The second-order valence-electron chi connectivity index (χ2n) is 7.08. The molecule has 11 nitrogen and oxygen atoms in total. The molecule has 3 aromatic rings. The predicted molar refractivity (Wildman–Crippen MR) is 110 cm³/mol. The van der Waals surface area contributed by atoms with Crippen molar-refractivity contribution in [1.29, 1.82) is 0 Å². The van der Waals surface area contributed by atoms with Crippen LogP contribution in [0.4, 0.5) is 0 Å². The van der Waals surface area contributed by atoms with Crippen molar-refractivity contribution in [2.45, 2.75) is 24.4 Å². The van der Waals surface area contributed by atoms with E-state index >= 15 is 0 Å². The van der Waals surface area contributed by atoms with Crippen molar-refractivity contribution in [3.05, 3.63) is 46.6 Å². The maximum Gasteiger partial charge on any atom is 0.205 e. The number of benzene rings is 2. The van der Waals surface area contributed by atoms with E-state index in [-0.39, 0.29) is 22.5 Å². The Kier molecular flexibility index (Phi) is 6.87. The molecule has 3 rings (SSSR count). The van der Waals surface area contributed by atoms with Gasteiger partial charge in [-0.2, -0.15) is 0 Å². The summed E-state index contributed by atoms with van der Waals surface area (Å²) in [6, 6.07) is 7.59. The van der Waals surface area contributed by atoms with E-state index in [9.17, 15) is 40.5 Å². The van der Waals surface area contributed by atoms with Crippen molar-refractivity contribution in [3.8, 4) is 34.3 Å². The topological polar surface area (TPSA) is 201 Å². The lowest BCUT2D eigenvalue weighted by Crippen LogP contribution is -2.47. The van der Waals surface area contributed by atoms with Gasteiger partial charge in [-0.15, -0.1) is 0 Å². The molecule has 32 heavy (non-hydrogen) atoms. The minimum absolute atomic E-state index is 0.0164. The SMILES string of the molecule is O=c1cc(-c2ccc(O)cc2)oc2c(OC[C@@H](O)[C@@H](O)[C@@H](O)[C@@H](O)CO)c(O)cc(O)c12. The van der Waals surface area contributed by atoms with E-state index in [4.69, 9.17) is 14.3 Å². The molecule has 1 heterocycles. The van der Waals surface area contributed by atoms with E-state index in [1.54, 1.807) is 0 Å². The number of rotatable bonds is 8. The highest BCUT2D eigenvalue weighted by atomic mass is 16.5. The Balaban J connectivity index is 1.99. The molecule has 0 bridgehead atoms. The molecule has 0 fully saturated rings. The Hall–Kier alpha value is -3.35. The Morgan fingerprint density at radius 1 is 0.875 bits per heavy atom. The van der Waals surface area contributed by atoms with Crippen LogP contribution < -0.4 is 10.2 Å². The molecule has 0 saturated heterocycles. The molecular weight excluding hydrogens is 428 g/mol. The van der Waals surface area contributed by atoms with Gasteiger partial charge in [0.2, 0.25) is 5.75 Å². The maximum absolute atomic E-state index is 12.6. The Bertz CT molecular complexity index is 1140. The van der Waals surface area contributed by atoms with Crippen LogP contribution in [0.1, 0.15) is 0 Å². The molecule has 11 heteroatoms. The summed E-state index contributed by atoms with van der Waals surface area (Å²) in [6.45, 7) is -1.59. The Morgan fingerprint density at radius 2 is 1.50 bits per heavy atom. The van der Waals surface area contributed by atoms with Crippen LogP contribution in [0, 0.1) is 0 Å². The molecule has 1 aromatic heterocycles. The van der Waals surface area contributed by atoms with E-state index in [0.29, 0.717) is 5.56 Å². The zero-order valence-electron chi connectivity index (χ0n) is 16.5. The van der Waals surface area contributed by atoms with Gasteiger partial charge in [-0.3, -0.25) is 4.79 Å². The van der Waals surface area contributed by atoms with Crippen molar-refractivity contribution >= 4 is 11.0 Å². The van der Waals surface area contributed by atoms with Crippen LogP contribution in [-0.2, 0) is 0 Å². The number of aliphatic hydroxyl groups is 5. The summed E-state index contributed by atoms with van der Waals surface area (Å²) in [5.74, 6) is -1.65. The first kappa shape index (κ1) is 23.3. The van der Waals surface area contributed by atoms with Crippen LogP contribution >= 0.6 is 0 Å². The lowest BCUT2D eigenvalue weighted by atomic mass is 10.0. The third-order valence-corrected chi connectivity index (χ3v) is 4.79. The smallest absolute Gasteiger partial charge is 0.205 e. The van der Waals surface area contributed by atoms with Crippen LogP contribution in [0.15, 0.2) is 45.6 Å². The minimum Gasteiger partial charge on any atom is -0.508 e. The lowest BCUT2D eigenvalue weighted by Gasteiger charge is -2.25. The number of aliphatic hydroxyl groups excluding tert-OH is 5. The van der Waals surface area contributed by atoms with Crippen molar-refractivity contribution in [2.24, 2.45) is 0 Å². The van der Waals surface area contributed by atoms with Gasteiger partial charge in [-0.25, -0.2) is 0 Å². The summed E-state index contributed by atoms with van der Waals surface area (Å²) in [4.78, 5) is 12.6. The number of fused-ring (bicyclic) bond motifs is 1. The number of phenolic OH excluding ortho intramolecular Hbond substituents is 3. The number of hydrogen-bond acceptors (Lipinski definition) is 11. The van der Waals surface area contributed by atoms with E-state index < -0.39 is 60.3 Å². The van der Waals surface area contributed by atoms with Gasteiger partial charge in [-0.05, 0) is 24.3 Å². The number of hydrogen-bond donors (Lipinski definition) is 8. The molecule has 0 spiro atoms. The number of phenols is 3. The second-order valence-corrected chi connectivity index (χ2v) is 7.08. The first-order chi connectivity index (χ1) is 15.1. The number of ether oxygens (including phenoxy) is 1.